The minimum Gasteiger partial charge on any atom is -0.756 e. The summed E-state index contributed by atoms with van der Waals surface area (Å²) in [7, 11) is -3.17. The number of aromatic nitrogens is 1. The molecular weight excluding hydrogens is 455 g/mol. The Morgan fingerprint density at radius 2 is 2.09 bits per heavy atom. The van der Waals surface area contributed by atoms with Crippen LogP contribution in [0.2, 0.25) is 0 Å². The topological polar surface area (TPSA) is 121 Å². The van der Waals surface area contributed by atoms with Crippen LogP contribution in [0.3, 0.4) is 0 Å². The van der Waals surface area contributed by atoms with Crippen molar-refractivity contribution in [2.24, 2.45) is 0 Å². The van der Waals surface area contributed by atoms with E-state index >= 15 is 0 Å². The Kier molecular flexibility index (Phi) is 11.3. The molecule has 0 spiro atoms. The number of unbranched alkanes of at least 4 members (excludes halogenated alkanes) is 1. The van der Waals surface area contributed by atoms with Gasteiger partial charge in [0.25, 0.3) is 7.82 Å². The molecule has 2 aromatic rings. The van der Waals surface area contributed by atoms with Crippen LogP contribution in [0.4, 0.5) is 0 Å². The van der Waals surface area contributed by atoms with Gasteiger partial charge in [0.15, 0.2) is 0 Å². The minimum absolute atomic E-state index is 0.00221. The Hall–Kier alpha value is -2.61. The van der Waals surface area contributed by atoms with Crippen molar-refractivity contribution in [2.45, 2.75) is 32.6 Å². The zero-order chi connectivity index (χ0) is 25.0. The zero-order valence-corrected chi connectivity index (χ0v) is 20.6. The molecular formula is C25H32N2O6P-. The van der Waals surface area contributed by atoms with Crippen LogP contribution in [-0.2, 0) is 31.2 Å². The number of phosphoric acid groups is 1. The Balaban J connectivity index is 2.15. The van der Waals surface area contributed by atoms with Gasteiger partial charge in [-0.2, -0.15) is 0 Å². The van der Waals surface area contributed by atoms with E-state index < -0.39 is 7.82 Å². The average Bonchev–Trinajstić information content (AvgIpc) is 2.81. The van der Waals surface area contributed by atoms with Crippen molar-refractivity contribution in [3.05, 3.63) is 72.0 Å². The predicted octanol–water partition coefficient (Wildman–Crippen LogP) is 3.49. The summed E-state index contributed by atoms with van der Waals surface area (Å²) in [4.78, 5) is 28.3. The number of aliphatic hydroxyl groups is 1. The maximum absolute atomic E-state index is 12.6. The summed E-state index contributed by atoms with van der Waals surface area (Å²) in [5.74, 6) is -0.175. The molecule has 1 heterocycles. The lowest BCUT2D eigenvalue weighted by atomic mass is 9.93. The number of carbonyl (C=O) groups excluding carboxylic acids is 1. The molecule has 0 saturated carbocycles. The summed E-state index contributed by atoms with van der Waals surface area (Å²) in [6.45, 7) is 6.54. The highest BCUT2D eigenvalue weighted by atomic mass is 31.2. The number of aliphatic hydroxyl groups excluding tert-OH is 1. The molecule has 0 bridgehead atoms. The number of hydrogen-bond acceptors (Lipinski definition) is 7. The van der Waals surface area contributed by atoms with Crippen molar-refractivity contribution in [1.82, 2.24) is 10.3 Å². The van der Waals surface area contributed by atoms with Gasteiger partial charge in [0, 0.05) is 31.8 Å². The fourth-order valence-electron chi connectivity index (χ4n) is 3.45. The molecule has 8 nitrogen and oxygen atoms in total. The van der Waals surface area contributed by atoms with Crippen LogP contribution in [0.15, 0.2) is 55.3 Å². The van der Waals surface area contributed by atoms with Gasteiger partial charge in [-0.25, -0.2) is 0 Å². The summed E-state index contributed by atoms with van der Waals surface area (Å²) in [6, 6.07) is 5.79. The van der Waals surface area contributed by atoms with E-state index in [4.69, 9.17) is 0 Å². The summed E-state index contributed by atoms with van der Waals surface area (Å²) in [5.41, 5.74) is 4.06. The van der Waals surface area contributed by atoms with Crippen LogP contribution >= 0.6 is 7.82 Å². The smallest absolute Gasteiger partial charge is 0.267 e. The number of benzene rings is 1. The summed E-state index contributed by atoms with van der Waals surface area (Å²) in [5, 5.41) is 13.1. The van der Waals surface area contributed by atoms with Gasteiger partial charge < -0.3 is 24.4 Å². The van der Waals surface area contributed by atoms with Crippen LogP contribution in [0.5, 0.6) is 0 Å². The Labute approximate surface area is 200 Å². The van der Waals surface area contributed by atoms with Gasteiger partial charge in [0.05, 0.1) is 18.5 Å². The molecule has 0 aliphatic heterocycles. The van der Waals surface area contributed by atoms with Gasteiger partial charge in [-0.05, 0) is 48.4 Å². The first-order valence-electron chi connectivity index (χ1n) is 11.1. The van der Waals surface area contributed by atoms with Crippen molar-refractivity contribution in [2.75, 3.05) is 26.9 Å². The van der Waals surface area contributed by atoms with Crippen molar-refractivity contribution >= 4 is 30.2 Å². The third-order valence-corrected chi connectivity index (χ3v) is 6.03. The molecule has 2 rings (SSSR count). The second-order valence-corrected chi connectivity index (χ2v) is 9.07. The van der Waals surface area contributed by atoms with Crippen LogP contribution in [0.25, 0.3) is 16.5 Å². The standard InChI is InChI=1S/C25H33N2O6P/c1-4-5-6-10-19(2)24-21(18-27-25-20(13-15-28)11-9-12-22(24)25)17-23(29)26-14-7-8-16-33-34(30,31)32-3/h4-6,9-12,18,28H,2,7-8,13-17H2,1,3H3,(H,26,29)(H,30,31)/p-1/b5-4-,10-6-. The SMILES string of the molecule is C=C(/C=C\C=C/C)c1c(CC(=O)NCCCCOP(=O)([O-])OC)cnc2c(CCO)cccc12. The Morgan fingerprint density at radius 1 is 1.29 bits per heavy atom. The first-order chi connectivity index (χ1) is 16.3. The highest BCUT2D eigenvalue weighted by molar-refractivity contribution is 7.45. The number of rotatable bonds is 14. The number of phosphoric ester groups is 1. The van der Waals surface area contributed by atoms with E-state index in [2.05, 4.69) is 25.9 Å². The molecule has 1 aromatic carbocycles. The molecule has 1 atom stereocenters. The lowest BCUT2D eigenvalue weighted by Crippen LogP contribution is -2.26. The fourth-order valence-corrected chi connectivity index (χ4v) is 3.90. The van der Waals surface area contributed by atoms with Crippen molar-refractivity contribution in [1.29, 1.82) is 0 Å². The highest BCUT2D eigenvalue weighted by Crippen LogP contribution is 2.36. The van der Waals surface area contributed by atoms with Crippen molar-refractivity contribution in [3.8, 4) is 0 Å². The van der Waals surface area contributed by atoms with Crippen LogP contribution in [0, 0.1) is 0 Å². The number of fused-ring (bicyclic) bond motifs is 1. The molecule has 1 amide bonds. The fraction of sp³-hybridized carbons (Fsp3) is 0.360. The molecule has 0 aliphatic rings. The van der Waals surface area contributed by atoms with E-state index in [9.17, 15) is 19.4 Å². The number of amides is 1. The molecule has 9 heteroatoms. The summed E-state index contributed by atoms with van der Waals surface area (Å²) < 4.78 is 20.0. The molecule has 1 unspecified atom stereocenters. The second kappa shape index (κ2) is 13.9. The monoisotopic (exact) mass is 487 g/mol. The first kappa shape index (κ1) is 27.6. The van der Waals surface area contributed by atoms with Gasteiger partial charge in [-0.15, -0.1) is 0 Å². The van der Waals surface area contributed by atoms with E-state index in [0.29, 0.717) is 25.8 Å². The lowest BCUT2D eigenvalue weighted by Gasteiger charge is -2.19. The third kappa shape index (κ3) is 8.31. The first-order valence-corrected chi connectivity index (χ1v) is 12.6. The van der Waals surface area contributed by atoms with Crippen LogP contribution in [0.1, 0.15) is 36.5 Å². The predicted molar refractivity (Wildman–Crippen MR) is 132 cm³/mol. The third-order valence-electron chi connectivity index (χ3n) is 5.08. The van der Waals surface area contributed by atoms with E-state index in [0.717, 1.165) is 40.3 Å². The number of nitrogens with zero attached hydrogens (tertiary/aromatic N) is 1. The summed E-state index contributed by atoms with van der Waals surface area (Å²) >= 11 is 0. The average molecular weight is 488 g/mol. The molecule has 0 saturated heterocycles. The number of hydrogen-bond donors (Lipinski definition) is 2. The maximum Gasteiger partial charge on any atom is 0.267 e. The Bertz CT molecular complexity index is 1100. The van der Waals surface area contributed by atoms with E-state index in [1.807, 2.05) is 49.4 Å². The van der Waals surface area contributed by atoms with Gasteiger partial charge in [0.2, 0.25) is 5.91 Å². The van der Waals surface area contributed by atoms with Gasteiger partial charge >= 0.3 is 0 Å². The normalized spacial score (nSPS) is 13.5. The van der Waals surface area contributed by atoms with Gasteiger partial charge in [-0.1, -0.05) is 49.1 Å². The molecule has 0 aliphatic carbocycles. The lowest BCUT2D eigenvalue weighted by molar-refractivity contribution is -0.223. The van der Waals surface area contributed by atoms with E-state index in [-0.39, 0.29) is 25.5 Å². The Morgan fingerprint density at radius 3 is 2.79 bits per heavy atom. The van der Waals surface area contributed by atoms with Crippen molar-refractivity contribution < 1.29 is 28.4 Å². The van der Waals surface area contributed by atoms with Crippen molar-refractivity contribution in [3.63, 3.8) is 0 Å². The molecule has 184 valence electrons. The largest absolute Gasteiger partial charge is 0.756 e. The maximum atomic E-state index is 12.6. The molecule has 0 fully saturated rings. The molecule has 34 heavy (non-hydrogen) atoms. The van der Waals surface area contributed by atoms with E-state index in [1.54, 1.807) is 6.20 Å². The zero-order valence-electron chi connectivity index (χ0n) is 19.7. The minimum atomic E-state index is -4.22. The molecule has 0 radical (unpaired) electrons. The molecule has 1 aromatic heterocycles. The number of nitrogens with one attached hydrogen (secondary N) is 1. The highest BCUT2D eigenvalue weighted by Gasteiger charge is 2.15. The van der Waals surface area contributed by atoms with Crippen LogP contribution in [-0.4, -0.2) is 42.9 Å². The summed E-state index contributed by atoms with van der Waals surface area (Å²) in [6.07, 6.45) is 10.9. The number of para-hydroxylation sites is 1. The van der Waals surface area contributed by atoms with E-state index in [1.165, 1.54) is 0 Å². The quantitative estimate of drug-likeness (QED) is 0.238. The number of pyridine rings is 1. The van der Waals surface area contributed by atoms with Gasteiger partial charge in [-0.3, -0.25) is 14.3 Å². The number of allylic oxidation sites excluding steroid dienone is 5. The number of carbonyl (C=O) groups is 1. The second-order valence-electron chi connectivity index (χ2n) is 7.55. The van der Waals surface area contributed by atoms with Gasteiger partial charge in [0.1, 0.15) is 0 Å². The molecule has 2 N–H and O–H groups in total. The van der Waals surface area contributed by atoms with Crippen LogP contribution < -0.4 is 10.2 Å².